The number of hydrogen-bond acceptors (Lipinski definition) is 3. The number of ether oxygens (including phenoxy) is 1. The first-order chi connectivity index (χ1) is 8.32. The summed E-state index contributed by atoms with van der Waals surface area (Å²) in [5, 5.41) is 9.35. The van der Waals surface area contributed by atoms with E-state index in [1.54, 1.807) is 7.11 Å². The maximum atomic E-state index is 9.35. The van der Waals surface area contributed by atoms with E-state index in [4.69, 9.17) is 4.74 Å². The lowest BCUT2D eigenvalue weighted by molar-refractivity contribution is 0.165. The van der Waals surface area contributed by atoms with Gasteiger partial charge < -0.3 is 14.7 Å². The largest absolute Gasteiger partial charge is 0.496 e. The highest BCUT2D eigenvalue weighted by atomic mass is 16.5. The first-order valence-corrected chi connectivity index (χ1v) is 6.28. The van der Waals surface area contributed by atoms with E-state index in [1.807, 2.05) is 6.07 Å². The number of hydrogen-bond donors (Lipinski definition) is 1. The molecular weight excluding hydrogens is 226 g/mol. The van der Waals surface area contributed by atoms with Crippen LogP contribution in [0.2, 0.25) is 0 Å². The molecule has 18 heavy (non-hydrogen) atoms. The van der Waals surface area contributed by atoms with Crippen LogP contribution in [0, 0.1) is 19.3 Å². The molecule has 0 unspecified atom stereocenters. The van der Waals surface area contributed by atoms with Crippen LogP contribution in [0.25, 0.3) is 0 Å². The van der Waals surface area contributed by atoms with E-state index < -0.39 is 0 Å². The van der Waals surface area contributed by atoms with Crippen molar-refractivity contribution in [2.45, 2.75) is 27.7 Å². The molecule has 0 aromatic heterocycles. The van der Waals surface area contributed by atoms with E-state index in [-0.39, 0.29) is 12.0 Å². The number of anilines is 1. The van der Waals surface area contributed by atoms with E-state index in [0.717, 1.165) is 12.3 Å². The molecular formula is C15H25NO2. The molecule has 1 aromatic carbocycles. The van der Waals surface area contributed by atoms with Crippen molar-refractivity contribution in [3.63, 3.8) is 0 Å². The molecule has 0 aliphatic carbocycles. The number of methoxy groups -OCH3 is 1. The van der Waals surface area contributed by atoms with Gasteiger partial charge in [0.2, 0.25) is 0 Å². The predicted octanol–water partition coefficient (Wildman–Crippen LogP) is 2.77. The molecule has 0 amide bonds. The van der Waals surface area contributed by atoms with Gasteiger partial charge in [-0.1, -0.05) is 13.8 Å². The standard InChI is InChI=1S/C15H25NO2/c1-11-12(2)14(18-6)8-7-13(11)16(5)9-15(3,4)10-17/h7-8,17H,9-10H2,1-6H3. The Morgan fingerprint density at radius 1 is 1.22 bits per heavy atom. The Labute approximate surface area is 110 Å². The lowest BCUT2D eigenvalue weighted by atomic mass is 9.93. The van der Waals surface area contributed by atoms with E-state index in [9.17, 15) is 5.11 Å². The van der Waals surface area contributed by atoms with Crippen molar-refractivity contribution >= 4 is 5.69 Å². The number of aliphatic hydroxyl groups is 1. The van der Waals surface area contributed by atoms with Crippen molar-refractivity contribution in [1.29, 1.82) is 0 Å². The van der Waals surface area contributed by atoms with Gasteiger partial charge in [0.15, 0.2) is 0 Å². The van der Waals surface area contributed by atoms with Gasteiger partial charge in [0.25, 0.3) is 0 Å². The maximum absolute atomic E-state index is 9.35. The molecule has 1 aromatic rings. The van der Waals surface area contributed by atoms with E-state index in [1.165, 1.54) is 16.8 Å². The van der Waals surface area contributed by atoms with Crippen molar-refractivity contribution in [3.8, 4) is 5.75 Å². The minimum absolute atomic E-state index is 0.102. The van der Waals surface area contributed by atoms with E-state index in [2.05, 4.69) is 45.7 Å². The fraction of sp³-hybridized carbons (Fsp3) is 0.600. The van der Waals surface area contributed by atoms with Crippen LogP contribution in [0.15, 0.2) is 12.1 Å². The zero-order valence-electron chi connectivity index (χ0n) is 12.4. The molecule has 102 valence electrons. The van der Waals surface area contributed by atoms with Crippen molar-refractivity contribution in [2.24, 2.45) is 5.41 Å². The molecule has 0 heterocycles. The van der Waals surface area contributed by atoms with Crippen LogP contribution in [0.5, 0.6) is 5.75 Å². The van der Waals surface area contributed by atoms with Crippen LogP contribution in [-0.2, 0) is 0 Å². The Morgan fingerprint density at radius 2 is 1.83 bits per heavy atom. The minimum Gasteiger partial charge on any atom is -0.496 e. The smallest absolute Gasteiger partial charge is 0.122 e. The number of aliphatic hydroxyl groups excluding tert-OH is 1. The Bertz CT molecular complexity index is 413. The van der Waals surface area contributed by atoms with E-state index >= 15 is 0 Å². The molecule has 0 fully saturated rings. The van der Waals surface area contributed by atoms with Crippen molar-refractivity contribution in [2.75, 3.05) is 32.2 Å². The second-order valence-corrected chi connectivity index (χ2v) is 5.72. The first-order valence-electron chi connectivity index (χ1n) is 6.28. The van der Waals surface area contributed by atoms with Gasteiger partial charge in [-0.15, -0.1) is 0 Å². The fourth-order valence-electron chi connectivity index (χ4n) is 2.19. The summed E-state index contributed by atoms with van der Waals surface area (Å²) in [5.41, 5.74) is 3.48. The third-order valence-corrected chi connectivity index (χ3v) is 3.43. The number of benzene rings is 1. The van der Waals surface area contributed by atoms with Crippen LogP contribution >= 0.6 is 0 Å². The van der Waals surface area contributed by atoms with E-state index in [0.29, 0.717) is 0 Å². The van der Waals surface area contributed by atoms with Crippen LogP contribution in [0.3, 0.4) is 0 Å². The molecule has 3 nitrogen and oxygen atoms in total. The Kier molecular flexibility index (Phi) is 4.63. The molecule has 0 aliphatic rings. The zero-order chi connectivity index (χ0) is 13.9. The second kappa shape index (κ2) is 5.61. The lowest BCUT2D eigenvalue weighted by Crippen LogP contribution is -2.34. The van der Waals surface area contributed by atoms with Crippen LogP contribution < -0.4 is 9.64 Å². The molecule has 0 radical (unpaired) electrons. The van der Waals surface area contributed by atoms with Gasteiger partial charge in [-0.05, 0) is 37.1 Å². The molecule has 3 heteroatoms. The first kappa shape index (κ1) is 14.8. The lowest BCUT2D eigenvalue weighted by Gasteiger charge is -2.31. The highest BCUT2D eigenvalue weighted by Crippen LogP contribution is 2.30. The molecule has 0 aliphatic heterocycles. The summed E-state index contributed by atoms with van der Waals surface area (Å²) >= 11 is 0. The molecule has 0 saturated heterocycles. The molecule has 1 rings (SSSR count). The van der Waals surface area contributed by atoms with Gasteiger partial charge in [0, 0.05) is 31.3 Å². The average molecular weight is 251 g/mol. The Hall–Kier alpha value is -1.22. The molecule has 0 atom stereocenters. The zero-order valence-corrected chi connectivity index (χ0v) is 12.4. The van der Waals surface area contributed by atoms with Crippen molar-refractivity contribution < 1.29 is 9.84 Å². The third-order valence-electron chi connectivity index (χ3n) is 3.43. The summed E-state index contributed by atoms with van der Waals surface area (Å²) in [5.74, 6) is 0.922. The van der Waals surface area contributed by atoms with Gasteiger partial charge in [-0.3, -0.25) is 0 Å². The van der Waals surface area contributed by atoms with Gasteiger partial charge in [-0.25, -0.2) is 0 Å². The summed E-state index contributed by atoms with van der Waals surface area (Å²) < 4.78 is 5.32. The van der Waals surface area contributed by atoms with Crippen LogP contribution in [-0.4, -0.2) is 32.4 Å². The quantitative estimate of drug-likeness (QED) is 0.873. The van der Waals surface area contributed by atoms with Gasteiger partial charge in [-0.2, -0.15) is 0 Å². The molecule has 0 spiro atoms. The van der Waals surface area contributed by atoms with Crippen molar-refractivity contribution in [1.82, 2.24) is 0 Å². The van der Waals surface area contributed by atoms with Gasteiger partial charge in [0.05, 0.1) is 7.11 Å². The SMILES string of the molecule is COc1ccc(N(C)CC(C)(C)CO)c(C)c1C. The summed E-state index contributed by atoms with van der Waals surface area (Å²) in [6, 6.07) is 4.08. The maximum Gasteiger partial charge on any atom is 0.122 e. The van der Waals surface area contributed by atoms with Gasteiger partial charge in [0.1, 0.15) is 5.75 Å². The third kappa shape index (κ3) is 3.16. The summed E-state index contributed by atoms with van der Waals surface area (Å²) in [6.45, 7) is 9.31. The van der Waals surface area contributed by atoms with Gasteiger partial charge >= 0.3 is 0 Å². The predicted molar refractivity (Wildman–Crippen MR) is 76.6 cm³/mol. The second-order valence-electron chi connectivity index (χ2n) is 5.72. The summed E-state index contributed by atoms with van der Waals surface area (Å²) in [4.78, 5) is 2.19. The summed E-state index contributed by atoms with van der Waals surface area (Å²) in [7, 11) is 3.76. The fourth-order valence-corrected chi connectivity index (χ4v) is 2.19. The van der Waals surface area contributed by atoms with Crippen LogP contribution in [0.1, 0.15) is 25.0 Å². The monoisotopic (exact) mass is 251 g/mol. The molecule has 1 N–H and O–H groups in total. The molecule has 0 bridgehead atoms. The van der Waals surface area contributed by atoms with Crippen LogP contribution in [0.4, 0.5) is 5.69 Å². The Morgan fingerprint density at radius 3 is 2.33 bits per heavy atom. The number of rotatable bonds is 5. The summed E-state index contributed by atoms with van der Waals surface area (Å²) in [6.07, 6.45) is 0. The Balaban J connectivity index is 3.00. The highest BCUT2D eigenvalue weighted by molar-refractivity contribution is 5.59. The number of nitrogens with zero attached hydrogens (tertiary/aromatic N) is 1. The van der Waals surface area contributed by atoms with Crippen molar-refractivity contribution in [3.05, 3.63) is 23.3 Å². The topological polar surface area (TPSA) is 32.7 Å². The minimum atomic E-state index is -0.102. The average Bonchev–Trinajstić information content (AvgIpc) is 2.32. The molecule has 0 saturated carbocycles. The highest BCUT2D eigenvalue weighted by Gasteiger charge is 2.20. The normalized spacial score (nSPS) is 11.5.